The number of aliphatic carboxylic acids is 1. The number of amides is 1. The molecule has 0 heterocycles. The van der Waals surface area contributed by atoms with Crippen molar-refractivity contribution in [2.45, 2.75) is 13.3 Å². The Bertz CT molecular complexity index is 463. The highest BCUT2D eigenvalue weighted by Gasteiger charge is 2.13. The van der Waals surface area contributed by atoms with Crippen molar-refractivity contribution in [1.29, 1.82) is 0 Å². The van der Waals surface area contributed by atoms with Gasteiger partial charge in [-0.15, -0.1) is 0 Å². The summed E-state index contributed by atoms with van der Waals surface area (Å²) in [4.78, 5) is 22.5. The molecule has 6 heteroatoms. The van der Waals surface area contributed by atoms with Crippen molar-refractivity contribution in [2.75, 3.05) is 6.54 Å². The van der Waals surface area contributed by atoms with Crippen LogP contribution in [0.15, 0.2) is 27.1 Å². The molecule has 18 heavy (non-hydrogen) atoms. The van der Waals surface area contributed by atoms with E-state index in [4.69, 9.17) is 5.11 Å². The molecule has 1 rings (SSSR count). The van der Waals surface area contributed by atoms with Crippen LogP contribution >= 0.6 is 31.9 Å². The molecule has 0 saturated carbocycles. The molecule has 0 bridgehead atoms. The standard InChI is InChI=1S/C12H13Br2NO3/c1-7(12(17)18)4-5-15-11(16)9-6-8(13)2-3-10(9)14/h2-3,6-7H,4-5H2,1H3,(H,15,16)(H,17,18). The van der Waals surface area contributed by atoms with E-state index >= 15 is 0 Å². The highest BCUT2D eigenvalue weighted by Crippen LogP contribution is 2.21. The molecule has 2 N–H and O–H groups in total. The van der Waals surface area contributed by atoms with Crippen molar-refractivity contribution < 1.29 is 14.7 Å². The predicted molar refractivity (Wildman–Crippen MR) is 75.6 cm³/mol. The maximum atomic E-state index is 11.9. The van der Waals surface area contributed by atoms with Crippen LogP contribution in [0.3, 0.4) is 0 Å². The Hall–Kier alpha value is -0.880. The molecule has 4 nitrogen and oxygen atoms in total. The first kappa shape index (κ1) is 15.2. The van der Waals surface area contributed by atoms with E-state index in [0.29, 0.717) is 23.0 Å². The molecule has 0 aromatic heterocycles. The lowest BCUT2D eigenvalue weighted by Crippen LogP contribution is -2.27. The first-order valence-electron chi connectivity index (χ1n) is 5.38. The molecule has 0 aliphatic heterocycles. The molecule has 0 aliphatic carbocycles. The molecule has 0 spiro atoms. The van der Waals surface area contributed by atoms with Gasteiger partial charge in [-0.2, -0.15) is 0 Å². The van der Waals surface area contributed by atoms with Gasteiger partial charge in [0.15, 0.2) is 0 Å². The maximum Gasteiger partial charge on any atom is 0.306 e. The van der Waals surface area contributed by atoms with Crippen molar-refractivity contribution in [3.8, 4) is 0 Å². The Morgan fingerprint density at radius 2 is 2.06 bits per heavy atom. The van der Waals surface area contributed by atoms with Gasteiger partial charge in [-0.3, -0.25) is 9.59 Å². The summed E-state index contributed by atoms with van der Waals surface area (Å²) in [7, 11) is 0. The second kappa shape index (κ2) is 6.89. The van der Waals surface area contributed by atoms with Crippen molar-refractivity contribution in [2.24, 2.45) is 5.92 Å². The van der Waals surface area contributed by atoms with E-state index in [-0.39, 0.29) is 5.91 Å². The summed E-state index contributed by atoms with van der Waals surface area (Å²) >= 11 is 6.60. The lowest BCUT2D eigenvalue weighted by atomic mass is 10.1. The van der Waals surface area contributed by atoms with E-state index in [1.165, 1.54) is 0 Å². The Balaban J connectivity index is 2.55. The quantitative estimate of drug-likeness (QED) is 0.827. The van der Waals surface area contributed by atoms with E-state index in [2.05, 4.69) is 37.2 Å². The van der Waals surface area contributed by atoms with Crippen LogP contribution in [0.5, 0.6) is 0 Å². The fourth-order valence-electron chi connectivity index (χ4n) is 1.29. The molecule has 0 saturated heterocycles. The first-order chi connectivity index (χ1) is 8.41. The highest BCUT2D eigenvalue weighted by atomic mass is 79.9. The minimum Gasteiger partial charge on any atom is -0.481 e. The third-order valence-electron chi connectivity index (χ3n) is 2.46. The van der Waals surface area contributed by atoms with E-state index in [1.807, 2.05) is 6.07 Å². The number of benzene rings is 1. The van der Waals surface area contributed by atoms with Crippen LogP contribution in [0.2, 0.25) is 0 Å². The van der Waals surface area contributed by atoms with Crippen LogP contribution < -0.4 is 5.32 Å². The second-order valence-corrected chi connectivity index (χ2v) is 5.68. The monoisotopic (exact) mass is 377 g/mol. The Morgan fingerprint density at radius 1 is 1.39 bits per heavy atom. The summed E-state index contributed by atoms with van der Waals surface area (Å²) in [5, 5.41) is 11.4. The maximum absolute atomic E-state index is 11.9. The zero-order valence-electron chi connectivity index (χ0n) is 9.74. The number of nitrogens with one attached hydrogen (secondary N) is 1. The Morgan fingerprint density at radius 3 is 2.67 bits per heavy atom. The number of carbonyl (C=O) groups excluding carboxylic acids is 1. The average molecular weight is 379 g/mol. The Labute approximate surface area is 122 Å². The second-order valence-electron chi connectivity index (χ2n) is 3.91. The molecule has 0 radical (unpaired) electrons. The molecule has 0 aliphatic rings. The van der Waals surface area contributed by atoms with Crippen molar-refractivity contribution in [3.05, 3.63) is 32.7 Å². The van der Waals surface area contributed by atoms with E-state index < -0.39 is 11.9 Å². The number of halogens is 2. The fraction of sp³-hybridized carbons (Fsp3) is 0.333. The van der Waals surface area contributed by atoms with Crippen molar-refractivity contribution in [3.63, 3.8) is 0 Å². The third kappa shape index (κ3) is 4.42. The summed E-state index contributed by atoms with van der Waals surface area (Å²) in [5.41, 5.74) is 0.521. The summed E-state index contributed by atoms with van der Waals surface area (Å²) in [6.07, 6.45) is 0.409. The van der Waals surface area contributed by atoms with Gasteiger partial charge in [0.1, 0.15) is 0 Å². The van der Waals surface area contributed by atoms with E-state index in [9.17, 15) is 9.59 Å². The summed E-state index contributed by atoms with van der Waals surface area (Å²) in [5.74, 6) is -1.54. The lowest BCUT2D eigenvalue weighted by Gasteiger charge is -2.09. The predicted octanol–water partition coefficient (Wildman–Crippen LogP) is 3.05. The molecule has 1 unspecified atom stereocenters. The van der Waals surface area contributed by atoms with Gasteiger partial charge < -0.3 is 10.4 Å². The van der Waals surface area contributed by atoms with Gasteiger partial charge in [0, 0.05) is 15.5 Å². The van der Waals surface area contributed by atoms with Crippen LogP contribution in [0, 0.1) is 5.92 Å². The average Bonchev–Trinajstić information content (AvgIpc) is 2.31. The molecule has 98 valence electrons. The Kier molecular flexibility index (Phi) is 5.81. The molecule has 1 aromatic carbocycles. The van der Waals surface area contributed by atoms with Crippen LogP contribution in [-0.2, 0) is 4.79 Å². The van der Waals surface area contributed by atoms with Crippen LogP contribution in [0.25, 0.3) is 0 Å². The fourth-order valence-corrected chi connectivity index (χ4v) is 2.08. The number of hydrogen-bond donors (Lipinski definition) is 2. The van der Waals surface area contributed by atoms with E-state index in [1.54, 1.807) is 19.1 Å². The molecule has 1 aromatic rings. The van der Waals surface area contributed by atoms with Gasteiger partial charge in [0.25, 0.3) is 5.91 Å². The molecule has 0 fully saturated rings. The third-order valence-corrected chi connectivity index (χ3v) is 3.64. The van der Waals surface area contributed by atoms with Gasteiger partial charge in [-0.1, -0.05) is 22.9 Å². The minimum absolute atomic E-state index is 0.222. The topological polar surface area (TPSA) is 66.4 Å². The number of rotatable bonds is 5. The van der Waals surface area contributed by atoms with Gasteiger partial charge in [-0.25, -0.2) is 0 Å². The number of carboxylic acids is 1. The highest BCUT2D eigenvalue weighted by molar-refractivity contribution is 9.11. The van der Waals surface area contributed by atoms with Gasteiger partial charge in [0.05, 0.1) is 11.5 Å². The number of carbonyl (C=O) groups is 2. The van der Waals surface area contributed by atoms with Gasteiger partial charge >= 0.3 is 5.97 Å². The van der Waals surface area contributed by atoms with Crippen molar-refractivity contribution >= 4 is 43.7 Å². The first-order valence-corrected chi connectivity index (χ1v) is 6.96. The summed E-state index contributed by atoms with van der Waals surface area (Å²) < 4.78 is 1.52. The molecule has 1 atom stereocenters. The van der Waals surface area contributed by atoms with Crippen LogP contribution in [-0.4, -0.2) is 23.5 Å². The van der Waals surface area contributed by atoms with E-state index in [0.717, 1.165) is 4.47 Å². The van der Waals surface area contributed by atoms with Gasteiger partial charge in [-0.05, 0) is 40.5 Å². The lowest BCUT2D eigenvalue weighted by molar-refractivity contribution is -0.141. The van der Waals surface area contributed by atoms with Crippen LogP contribution in [0.4, 0.5) is 0 Å². The normalized spacial score (nSPS) is 11.9. The van der Waals surface area contributed by atoms with Gasteiger partial charge in [0.2, 0.25) is 0 Å². The zero-order valence-corrected chi connectivity index (χ0v) is 12.9. The summed E-state index contributed by atoms with van der Waals surface area (Å²) in [6, 6.07) is 5.31. The molecular formula is C12H13Br2NO3. The zero-order chi connectivity index (χ0) is 13.7. The SMILES string of the molecule is CC(CCNC(=O)c1cc(Br)ccc1Br)C(=O)O. The number of hydrogen-bond acceptors (Lipinski definition) is 2. The van der Waals surface area contributed by atoms with Crippen LogP contribution in [0.1, 0.15) is 23.7 Å². The molecule has 1 amide bonds. The number of carboxylic acid groups (broad SMARTS) is 1. The smallest absolute Gasteiger partial charge is 0.306 e. The molecular weight excluding hydrogens is 366 g/mol. The minimum atomic E-state index is -0.854. The summed E-state index contributed by atoms with van der Waals surface area (Å²) in [6.45, 7) is 1.95. The van der Waals surface area contributed by atoms with Crippen molar-refractivity contribution in [1.82, 2.24) is 5.32 Å². The largest absolute Gasteiger partial charge is 0.481 e.